The van der Waals surface area contributed by atoms with Crippen molar-refractivity contribution < 1.29 is 50.8 Å². The second-order valence-electron chi connectivity index (χ2n) is 9.85. The van der Waals surface area contributed by atoms with Gasteiger partial charge in [-0.2, -0.15) is 0 Å². The van der Waals surface area contributed by atoms with Gasteiger partial charge in [0.1, 0.15) is 0 Å². The second-order valence-corrected chi connectivity index (χ2v) is 18.6. The van der Waals surface area contributed by atoms with E-state index in [0.29, 0.717) is 0 Å². The predicted molar refractivity (Wildman–Crippen MR) is 170 cm³/mol. The van der Waals surface area contributed by atoms with Crippen LogP contribution in [0.5, 0.6) is 0 Å². The van der Waals surface area contributed by atoms with Crippen LogP contribution in [-0.2, 0) is 25.9 Å². The number of benzene rings is 6. The van der Waals surface area contributed by atoms with Gasteiger partial charge < -0.3 is 24.8 Å². The first-order valence-electron chi connectivity index (χ1n) is 13.8. The van der Waals surface area contributed by atoms with Crippen LogP contribution in [-0.4, -0.2) is 16.6 Å². The minimum atomic E-state index is -2.87. The Morgan fingerprint density at radius 3 is 0.605 bits per heavy atom. The number of halogens is 2. The van der Waals surface area contributed by atoms with E-state index in [1.807, 2.05) is 0 Å². The Labute approximate surface area is 278 Å². The van der Waals surface area contributed by atoms with Crippen molar-refractivity contribution in [1.82, 2.24) is 0 Å². The molecule has 0 bridgehead atoms. The molecule has 0 aliphatic carbocycles. The fourth-order valence-electron chi connectivity index (χ4n) is 5.54. The Bertz CT molecular complexity index is 1330. The van der Waals surface area contributed by atoms with Crippen LogP contribution in [0.2, 0.25) is 0 Å². The van der Waals surface area contributed by atoms with Crippen molar-refractivity contribution in [3.05, 3.63) is 182 Å². The quantitative estimate of drug-likeness (QED) is 0.128. The van der Waals surface area contributed by atoms with Gasteiger partial charge in [0, 0.05) is 0 Å². The van der Waals surface area contributed by atoms with E-state index in [4.69, 9.17) is 6.02 Å². The van der Waals surface area contributed by atoms with Gasteiger partial charge in [-0.3, -0.25) is 0 Å². The number of hydrogen-bond acceptors (Lipinski definition) is 2. The molecular weight excluding hydrogens is 639 g/mol. The van der Waals surface area contributed by atoms with Gasteiger partial charge in [0.25, 0.3) is 0 Å². The number of hydrogen-bond donors (Lipinski definition) is 0. The van der Waals surface area contributed by atoms with Crippen LogP contribution in [0.15, 0.2) is 182 Å². The van der Waals surface area contributed by atoms with Crippen LogP contribution in [0.4, 0.5) is 0 Å². The third-order valence-electron chi connectivity index (χ3n) is 7.47. The molecule has 0 atom stereocenters. The van der Waals surface area contributed by atoms with E-state index >= 15 is 0 Å². The summed E-state index contributed by atoms with van der Waals surface area (Å²) in [5.41, 5.74) is 0. The van der Waals surface area contributed by atoms with Crippen molar-refractivity contribution in [3.63, 3.8) is 0 Å². The summed E-state index contributed by atoms with van der Waals surface area (Å²) >= 11 is -1.37. The zero-order valence-corrected chi connectivity index (χ0v) is 28.5. The monoisotopic (exact) mass is 668 g/mol. The van der Waals surface area contributed by atoms with Crippen molar-refractivity contribution in [2.75, 3.05) is 0 Å². The molecular formula is C36H30Cl2O2Si2Ti. The van der Waals surface area contributed by atoms with Crippen molar-refractivity contribution in [1.29, 1.82) is 0 Å². The molecule has 0 saturated heterocycles. The van der Waals surface area contributed by atoms with Crippen molar-refractivity contribution in [2.45, 2.75) is 0 Å². The van der Waals surface area contributed by atoms with Crippen LogP contribution in [0.25, 0.3) is 0 Å². The first-order valence-corrected chi connectivity index (χ1v) is 18.9. The van der Waals surface area contributed by atoms with Crippen molar-refractivity contribution in [2.24, 2.45) is 0 Å². The standard InChI is InChI=1S/2C18H15OSi.2ClH.Ti/c2*19-20(16-10-4-1-5-11-16,17-12-6-2-7-13-17)18-14-8-3-9-15-18;;;/h2*1-15H;2*1H;/q2*-1;;;+4/p-2. The molecule has 0 saturated carbocycles. The van der Waals surface area contributed by atoms with E-state index in [1.165, 1.54) is 31.1 Å². The van der Waals surface area contributed by atoms with Crippen molar-refractivity contribution >= 4 is 47.8 Å². The predicted octanol–water partition coefficient (Wildman–Crippen LogP) is -1.73. The van der Waals surface area contributed by atoms with E-state index in [0.717, 1.165) is 0 Å². The number of rotatable bonds is 10. The van der Waals surface area contributed by atoms with Crippen LogP contribution < -0.4 is 55.9 Å². The van der Waals surface area contributed by atoms with E-state index in [9.17, 15) is 0 Å². The molecule has 6 aromatic carbocycles. The van der Waals surface area contributed by atoms with E-state index in [1.54, 1.807) is 0 Å². The van der Waals surface area contributed by atoms with Gasteiger partial charge in [0.15, 0.2) is 0 Å². The summed E-state index contributed by atoms with van der Waals surface area (Å²) in [6, 6.07) is 64.4. The third kappa shape index (κ3) is 6.73. The van der Waals surface area contributed by atoms with E-state index in [2.05, 4.69) is 182 Å². The maximum atomic E-state index is 7.38. The minimum absolute atomic E-state index is 0. The molecule has 6 aromatic rings. The van der Waals surface area contributed by atoms with Crippen molar-refractivity contribution in [3.8, 4) is 0 Å². The van der Waals surface area contributed by atoms with E-state index < -0.39 is 36.6 Å². The van der Waals surface area contributed by atoms with Gasteiger partial charge in [-0.1, -0.05) is 0 Å². The van der Waals surface area contributed by atoms with Gasteiger partial charge in [-0.25, -0.2) is 0 Å². The van der Waals surface area contributed by atoms with E-state index in [-0.39, 0.29) is 24.8 Å². The molecule has 0 aliphatic rings. The van der Waals surface area contributed by atoms with Gasteiger partial charge in [-0.15, -0.1) is 0 Å². The SMILES string of the molecule is [Cl-].[Cl-].c1ccc([Si]([O][Ti+2][O][Si](c2ccccc2)(c2ccccc2)c2ccccc2)(c2ccccc2)c2ccccc2)cc1. The summed E-state index contributed by atoms with van der Waals surface area (Å²) < 4.78 is 14.8. The van der Waals surface area contributed by atoms with Crippen LogP contribution in [0.1, 0.15) is 0 Å². The topological polar surface area (TPSA) is 18.5 Å². The summed E-state index contributed by atoms with van der Waals surface area (Å²) in [6.45, 7) is 0. The van der Waals surface area contributed by atoms with Gasteiger partial charge in [-0.05, 0) is 0 Å². The van der Waals surface area contributed by atoms with Gasteiger partial charge >= 0.3 is 256 Å². The Balaban J connectivity index is 0.00000212. The zero-order chi connectivity index (χ0) is 27.8. The summed E-state index contributed by atoms with van der Waals surface area (Å²) in [6.07, 6.45) is 0. The Morgan fingerprint density at radius 2 is 0.442 bits per heavy atom. The summed E-state index contributed by atoms with van der Waals surface area (Å²) in [5.74, 6) is 0. The molecule has 0 fully saturated rings. The van der Waals surface area contributed by atoms with Gasteiger partial charge in [0.05, 0.1) is 0 Å². The molecule has 43 heavy (non-hydrogen) atoms. The van der Waals surface area contributed by atoms with Crippen LogP contribution in [0.3, 0.4) is 0 Å². The zero-order valence-electron chi connectivity index (χ0n) is 23.4. The molecule has 7 heteroatoms. The molecule has 0 aromatic heterocycles. The average Bonchev–Trinajstić information content (AvgIpc) is 3.08. The third-order valence-corrected chi connectivity index (χ3v) is 18.8. The van der Waals surface area contributed by atoms with Crippen LogP contribution in [0, 0.1) is 0 Å². The molecule has 6 rings (SSSR count). The maximum absolute atomic E-state index is 7.38. The Morgan fingerprint density at radius 1 is 0.279 bits per heavy atom. The molecule has 0 radical (unpaired) electrons. The molecule has 0 N–H and O–H groups in total. The molecule has 0 aliphatic heterocycles. The second kappa shape index (κ2) is 15.6. The summed E-state index contributed by atoms with van der Waals surface area (Å²) in [5, 5.41) is 7.31. The van der Waals surface area contributed by atoms with Gasteiger partial charge in [0.2, 0.25) is 0 Å². The molecule has 0 amide bonds. The summed E-state index contributed by atoms with van der Waals surface area (Å²) in [4.78, 5) is 0. The molecule has 212 valence electrons. The normalized spacial score (nSPS) is 11.0. The summed E-state index contributed by atoms with van der Waals surface area (Å²) in [7, 11) is -5.75. The molecule has 0 unspecified atom stereocenters. The Hall–Kier alpha value is -3.03. The molecule has 0 spiro atoms. The molecule has 2 nitrogen and oxygen atoms in total. The fourth-order valence-corrected chi connectivity index (χ4v) is 17.7. The van der Waals surface area contributed by atoms with Crippen LogP contribution >= 0.6 is 0 Å². The Kier molecular flexibility index (Phi) is 11.9. The average molecular weight is 670 g/mol. The fraction of sp³-hybridized carbons (Fsp3) is 0. The first kappa shape index (κ1) is 32.9. The first-order chi connectivity index (χ1) is 20.3. The molecule has 0 heterocycles.